The van der Waals surface area contributed by atoms with E-state index < -0.39 is 9.84 Å². The zero-order valence-corrected chi connectivity index (χ0v) is 6.63. The van der Waals surface area contributed by atoms with Crippen LogP contribution in [0.2, 0.25) is 0 Å². The molecule has 0 fully saturated rings. The van der Waals surface area contributed by atoms with Gasteiger partial charge in [0.2, 0.25) is 9.84 Å². The van der Waals surface area contributed by atoms with Crippen LogP contribution in [0.25, 0.3) is 0 Å². The number of nitrogen functional groups attached to an aromatic ring is 1. The predicted molar refractivity (Wildman–Crippen MR) is 36.4 cm³/mol. The summed E-state index contributed by atoms with van der Waals surface area (Å²) in [5, 5.41) is 2.81. The topological polar surface area (TPSA) is 99.1 Å². The van der Waals surface area contributed by atoms with E-state index in [1.54, 1.807) is 0 Å². The van der Waals surface area contributed by atoms with E-state index in [9.17, 15) is 8.42 Å². The molecule has 0 unspecified atom stereocenters. The Morgan fingerprint density at radius 2 is 2.27 bits per heavy atom. The second kappa shape index (κ2) is 2.50. The lowest BCUT2D eigenvalue weighted by Crippen LogP contribution is -2.05. The minimum Gasteiger partial charge on any atom is -0.351 e. The Labute approximate surface area is 63.3 Å². The van der Waals surface area contributed by atoms with Crippen LogP contribution in [0.3, 0.4) is 0 Å². The van der Waals surface area contributed by atoms with Gasteiger partial charge in [0.15, 0.2) is 0 Å². The average molecular weight is 177 g/mol. The fourth-order valence-electron chi connectivity index (χ4n) is 0.476. The fraction of sp³-hybridized carbons (Fsp3) is 0.500. The van der Waals surface area contributed by atoms with E-state index in [1.165, 1.54) is 6.92 Å². The zero-order chi connectivity index (χ0) is 8.48. The van der Waals surface area contributed by atoms with Crippen molar-refractivity contribution < 1.29 is 12.9 Å². The molecule has 0 radical (unpaired) electrons. The Balaban J connectivity index is 3.13. The van der Waals surface area contributed by atoms with E-state index in [2.05, 4.69) is 14.7 Å². The molecule has 1 heterocycles. The Morgan fingerprint density at radius 1 is 1.64 bits per heavy atom. The molecule has 0 spiro atoms. The van der Waals surface area contributed by atoms with Crippen molar-refractivity contribution in [2.75, 3.05) is 11.5 Å². The minimum atomic E-state index is -3.37. The molecule has 0 bridgehead atoms. The molecule has 62 valence electrons. The number of hydrogen-bond acceptors (Lipinski definition) is 6. The molecule has 7 heteroatoms. The first-order valence-electron chi connectivity index (χ1n) is 2.88. The highest BCUT2D eigenvalue weighted by Gasteiger charge is 2.18. The number of nitrogens with zero attached hydrogens (tertiary/aromatic N) is 2. The van der Waals surface area contributed by atoms with Gasteiger partial charge in [-0.15, -0.1) is 0 Å². The molecule has 1 aromatic rings. The second-order valence-corrected chi connectivity index (χ2v) is 3.99. The first-order chi connectivity index (χ1) is 5.06. The molecule has 0 saturated carbocycles. The van der Waals surface area contributed by atoms with Gasteiger partial charge in [-0.3, -0.25) is 0 Å². The van der Waals surface area contributed by atoms with Crippen LogP contribution in [0.15, 0.2) is 9.68 Å². The maximum Gasteiger partial charge on any atom is 0.319 e. The molecule has 0 aliphatic heterocycles. The van der Waals surface area contributed by atoms with Gasteiger partial charge >= 0.3 is 6.01 Å². The molecular weight excluding hydrogens is 170 g/mol. The van der Waals surface area contributed by atoms with Gasteiger partial charge < -0.3 is 10.3 Å². The molecule has 1 rings (SSSR count). The summed E-state index contributed by atoms with van der Waals surface area (Å²) in [5.41, 5.74) is 5.03. The summed E-state index contributed by atoms with van der Waals surface area (Å²) in [6.07, 6.45) is 0. The van der Waals surface area contributed by atoms with Gasteiger partial charge in [0.25, 0.3) is 5.16 Å². The van der Waals surface area contributed by atoms with Gasteiger partial charge in [0.1, 0.15) is 0 Å². The third kappa shape index (κ3) is 1.48. The predicted octanol–water partition coefficient (Wildman–Crippen LogP) is -0.555. The van der Waals surface area contributed by atoms with Crippen LogP contribution in [0.1, 0.15) is 6.92 Å². The molecule has 2 N–H and O–H groups in total. The molecule has 1 aromatic heterocycles. The molecule has 0 atom stereocenters. The quantitative estimate of drug-likeness (QED) is 0.650. The lowest BCUT2D eigenvalue weighted by molar-refractivity contribution is 0.415. The highest BCUT2D eigenvalue weighted by molar-refractivity contribution is 7.91. The Hall–Kier alpha value is -1.11. The van der Waals surface area contributed by atoms with Gasteiger partial charge in [0, 0.05) is 0 Å². The molecule has 0 aliphatic rings. The van der Waals surface area contributed by atoms with Crippen LogP contribution in [0.4, 0.5) is 6.01 Å². The summed E-state index contributed by atoms with van der Waals surface area (Å²) < 4.78 is 26.2. The summed E-state index contributed by atoms with van der Waals surface area (Å²) in [7, 11) is -3.37. The van der Waals surface area contributed by atoms with Gasteiger partial charge in [0.05, 0.1) is 5.75 Å². The third-order valence-corrected chi connectivity index (χ3v) is 2.56. The van der Waals surface area contributed by atoms with Crippen LogP contribution in [0, 0.1) is 0 Å². The van der Waals surface area contributed by atoms with E-state index in [4.69, 9.17) is 5.73 Å². The SMILES string of the molecule is CCS(=O)(=O)c1noc(N)n1. The van der Waals surface area contributed by atoms with Crippen molar-refractivity contribution in [2.24, 2.45) is 0 Å². The maximum absolute atomic E-state index is 11.0. The smallest absolute Gasteiger partial charge is 0.319 e. The number of nitrogens with two attached hydrogens (primary N) is 1. The van der Waals surface area contributed by atoms with E-state index in [-0.39, 0.29) is 16.9 Å². The standard InChI is InChI=1S/C4H7N3O3S/c1-2-11(8,9)4-6-3(5)10-7-4/h2H2,1H3,(H2,5,6,7). The largest absolute Gasteiger partial charge is 0.351 e. The highest BCUT2D eigenvalue weighted by Crippen LogP contribution is 2.06. The van der Waals surface area contributed by atoms with Crippen molar-refractivity contribution in [2.45, 2.75) is 12.1 Å². The zero-order valence-electron chi connectivity index (χ0n) is 5.81. The van der Waals surface area contributed by atoms with Crippen molar-refractivity contribution in [1.29, 1.82) is 0 Å². The summed E-state index contributed by atoms with van der Waals surface area (Å²) >= 11 is 0. The van der Waals surface area contributed by atoms with Crippen molar-refractivity contribution in [3.63, 3.8) is 0 Å². The fourth-order valence-corrected chi connectivity index (χ4v) is 1.11. The van der Waals surface area contributed by atoms with Crippen LogP contribution in [0.5, 0.6) is 0 Å². The number of hydrogen-bond donors (Lipinski definition) is 1. The first-order valence-corrected chi connectivity index (χ1v) is 4.53. The highest BCUT2D eigenvalue weighted by atomic mass is 32.2. The molecule has 0 saturated heterocycles. The lowest BCUT2D eigenvalue weighted by Gasteiger charge is -1.88. The summed E-state index contributed by atoms with van der Waals surface area (Å²) in [4.78, 5) is 3.37. The number of sulfone groups is 1. The van der Waals surface area contributed by atoms with Crippen LogP contribution >= 0.6 is 0 Å². The number of aromatic nitrogens is 2. The summed E-state index contributed by atoms with van der Waals surface area (Å²) in [5.74, 6) is -0.0635. The van der Waals surface area contributed by atoms with Crippen molar-refractivity contribution in [1.82, 2.24) is 10.1 Å². The van der Waals surface area contributed by atoms with Crippen molar-refractivity contribution in [3.8, 4) is 0 Å². The second-order valence-electron chi connectivity index (χ2n) is 1.82. The van der Waals surface area contributed by atoms with Gasteiger partial charge in [-0.2, -0.15) is 4.98 Å². The van der Waals surface area contributed by atoms with E-state index in [0.717, 1.165) is 0 Å². The maximum atomic E-state index is 11.0. The Bertz CT molecular complexity index is 341. The number of rotatable bonds is 2. The van der Waals surface area contributed by atoms with Crippen molar-refractivity contribution in [3.05, 3.63) is 0 Å². The normalized spacial score (nSPS) is 11.7. The van der Waals surface area contributed by atoms with E-state index in [0.29, 0.717) is 0 Å². The molecule has 0 aliphatic carbocycles. The minimum absolute atomic E-state index is 0.0635. The Morgan fingerprint density at radius 3 is 2.64 bits per heavy atom. The van der Waals surface area contributed by atoms with Gasteiger partial charge in [-0.25, -0.2) is 8.42 Å². The Kier molecular flexibility index (Phi) is 1.81. The summed E-state index contributed by atoms with van der Waals surface area (Å²) in [6.45, 7) is 1.49. The van der Waals surface area contributed by atoms with E-state index in [1.807, 2.05) is 0 Å². The van der Waals surface area contributed by atoms with Crippen LogP contribution in [-0.2, 0) is 9.84 Å². The lowest BCUT2D eigenvalue weighted by atomic mass is 11.0. The molecule has 11 heavy (non-hydrogen) atoms. The molecule has 6 nitrogen and oxygen atoms in total. The van der Waals surface area contributed by atoms with Crippen LogP contribution in [-0.4, -0.2) is 24.3 Å². The summed E-state index contributed by atoms with van der Waals surface area (Å²) in [6, 6.07) is -0.239. The van der Waals surface area contributed by atoms with E-state index >= 15 is 0 Å². The van der Waals surface area contributed by atoms with Crippen LogP contribution < -0.4 is 5.73 Å². The van der Waals surface area contributed by atoms with Gasteiger partial charge in [-0.05, 0) is 5.16 Å². The first kappa shape index (κ1) is 7.99. The molecular formula is C4H7N3O3S. The van der Waals surface area contributed by atoms with Gasteiger partial charge in [-0.1, -0.05) is 6.92 Å². The number of anilines is 1. The average Bonchev–Trinajstić information content (AvgIpc) is 2.36. The van der Waals surface area contributed by atoms with Crippen molar-refractivity contribution >= 4 is 15.9 Å². The molecule has 0 amide bonds. The monoisotopic (exact) mass is 177 g/mol. The molecule has 0 aromatic carbocycles. The third-order valence-electron chi connectivity index (χ3n) is 1.08.